The minimum Gasteiger partial charge on any atom is -0.353 e. The summed E-state index contributed by atoms with van der Waals surface area (Å²) in [6, 6.07) is 21.0. The van der Waals surface area contributed by atoms with Crippen LogP contribution in [0.5, 0.6) is 0 Å². The van der Waals surface area contributed by atoms with E-state index in [2.05, 4.69) is 60.8 Å². The number of ether oxygens (including phenoxy) is 2. The highest BCUT2D eigenvalue weighted by molar-refractivity contribution is 7.19. The molecule has 0 aliphatic carbocycles. The zero-order chi connectivity index (χ0) is 21.3. The van der Waals surface area contributed by atoms with Crippen molar-refractivity contribution in [3.8, 4) is 6.07 Å². The zero-order valence-electron chi connectivity index (χ0n) is 17.9. The Bertz CT molecular complexity index is 922. The molecule has 0 bridgehead atoms. The van der Waals surface area contributed by atoms with Crippen molar-refractivity contribution in [1.29, 1.82) is 5.26 Å². The molecule has 2 aromatic carbocycles. The van der Waals surface area contributed by atoms with Crippen LogP contribution >= 0.6 is 11.3 Å². The highest BCUT2D eigenvalue weighted by Gasteiger charge is 2.24. The SMILES string of the molecule is CCOC(CC(c1ccc(C#N)cc1)C(C)NCc1cc2ccccc2s1)OCC. The van der Waals surface area contributed by atoms with Gasteiger partial charge in [0.2, 0.25) is 0 Å². The molecule has 5 heteroatoms. The van der Waals surface area contributed by atoms with Gasteiger partial charge in [0, 0.05) is 47.7 Å². The van der Waals surface area contributed by atoms with E-state index in [1.54, 1.807) is 0 Å². The number of fused-ring (bicyclic) bond motifs is 1. The van der Waals surface area contributed by atoms with Gasteiger partial charge in [0.05, 0.1) is 11.6 Å². The summed E-state index contributed by atoms with van der Waals surface area (Å²) in [6.45, 7) is 8.26. The third-order valence-electron chi connectivity index (χ3n) is 5.30. The summed E-state index contributed by atoms with van der Waals surface area (Å²) >= 11 is 1.83. The Balaban J connectivity index is 1.75. The Morgan fingerprint density at radius 2 is 1.73 bits per heavy atom. The van der Waals surface area contributed by atoms with Crippen molar-refractivity contribution in [2.24, 2.45) is 0 Å². The Hall–Kier alpha value is -2.23. The molecule has 158 valence electrons. The Kier molecular flexibility index (Phi) is 8.41. The molecule has 1 N–H and O–H groups in total. The highest BCUT2D eigenvalue weighted by Crippen LogP contribution is 2.29. The second-order valence-electron chi connectivity index (χ2n) is 7.34. The predicted octanol–water partition coefficient (Wildman–Crippen LogP) is 5.82. The number of hydrogen-bond acceptors (Lipinski definition) is 5. The number of hydrogen-bond donors (Lipinski definition) is 1. The summed E-state index contributed by atoms with van der Waals surface area (Å²) in [5, 5.41) is 14.1. The van der Waals surface area contributed by atoms with Gasteiger partial charge in [-0.1, -0.05) is 30.3 Å². The van der Waals surface area contributed by atoms with Crippen LogP contribution in [-0.2, 0) is 16.0 Å². The summed E-state index contributed by atoms with van der Waals surface area (Å²) in [5.41, 5.74) is 1.87. The third kappa shape index (κ3) is 5.90. The van der Waals surface area contributed by atoms with Crippen molar-refractivity contribution in [2.75, 3.05) is 13.2 Å². The molecule has 1 heterocycles. The predicted molar refractivity (Wildman–Crippen MR) is 124 cm³/mol. The average molecular weight is 423 g/mol. The molecule has 4 nitrogen and oxygen atoms in total. The lowest BCUT2D eigenvalue weighted by atomic mass is 9.88. The fourth-order valence-electron chi connectivity index (χ4n) is 3.72. The maximum atomic E-state index is 9.13. The van der Waals surface area contributed by atoms with Gasteiger partial charge < -0.3 is 14.8 Å². The molecule has 0 amide bonds. The maximum absolute atomic E-state index is 9.13. The van der Waals surface area contributed by atoms with E-state index in [1.165, 1.54) is 20.5 Å². The lowest BCUT2D eigenvalue weighted by Gasteiger charge is -2.29. The zero-order valence-corrected chi connectivity index (χ0v) is 18.7. The van der Waals surface area contributed by atoms with Crippen molar-refractivity contribution in [3.63, 3.8) is 0 Å². The van der Waals surface area contributed by atoms with Crippen LogP contribution < -0.4 is 5.32 Å². The van der Waals surface area contributed by atoms with Crippen LogP contribution in [0.2, 0.25) is 0 Å². The molecule has 3 aromatic rings. The van der Waals surface area contributed by atoms with Crippen molar-refractivity contribution < 1.29 is 9.47 Å². The summed E-state index contributed by atoms with van der Waals surface area (Å²) in [5.74, 6) is 0.204. The van der Waals surface area contributed by atoms with Gasteiger partial charge in [-0.25, -0.2) is 0 Å². The molecular formula is C25H30N2O2S. The summed E-state index contributed by atoms with van der Waals surface area (Å²) < 4.78 is 13.0. The fourth-order valence-corrected chi connectivity index (χ4v) is 4.74. The molecule has 0 aliphatic heterocycles. The number of nitrogens with one attached hydrogen (secondary N) is 1. The van der Waals surface area contributed by atoms with Crippen molar-refractivity contribution >= 4 is 21.4 Å². The van der Waals surface area contributed by atoms with Gasteiger partial charge in [0.1, 0.15) is 0 Å². The van der Waals surface area contributed by atoms with Crippen LogP contribution in [0.25, 0.3) is 10.1 Å². The van der Waals surface area contributed by atoms with E-state index >= 15 is 0 Å². The first-order valence-corrected chi connectivity index (χ1v) is 11.4. The van der Waals surface area contributed by atoms with Crippen molar-refractivity contribution in [2.45, 2.75) is 52.0 Å². The number of benzene rings is 2. The van der Waals surface area contributed by atoms with E-state index in [-0.39, 0.29) is 18.2 Å². The molecule has 0 aliphatic rings. The number of nitrogens with zero attached hydrogens (tertiary/aromatic N) is 1. The Morgan fingerprint density at radius 3 is 2.37 bits per heavy atom. The Labute approximate surface area is 183 Å². The lowest BCUT2D eigenvalue weighted by Crippen LogP contribution is -2.34. The van der Waals surface area contributed by atoms with Gasteiger partial charge in [-0.3, -0.25) is 0 Å². The lowest BCUT2D eigenvalue weighted by molar-refractivity contribution is -0.143. The Morgan fingerprint density at radius 1 is 1.03 bits per heavy atom. The minimum absolute atomic E-state index is 0.204. The summed E-state index contributed by atoms with van der Waals surface area (Å²) in [6.07, 6.45) is 0.517. The highest BCUT2D eigenvalue weighted by atomic mass is 32.1. The minimum atomic E-state index is -0.241. The average Bonchev–Trinajstić information content (AvgIpc) is 3.19. The number of rotatable bonds is 11. The second kappa shape index (κ2) is 11.2. The molecule has 0 saturated carbocycles. The largest absolute Gasteiger partial charge is 0.353 e. The standard InChI is InChI=1S/C25H30N2O2S/c1-4-28-25(29-5-2)15-23(20-12-10-19(16-26)11-13-20)18(3)27-17-22-14-21-8-6-7-9-24(21)30-22/h6-14,18,23,25,27H,4-5,15,17H2,1-3H3. The first-order chi connectivity index (χ1) is 14.6. The molecular weight excluding hydrogens is 392 g/mol. The van der Waals surface area contributed by atoms with E-state index in [0.29, 0.717) is 18.8 Å². The van der Waals surface area contributed by atoms with Crippen LogP contribution in [0.4, 0.5) is 0 Å². The van der Waals surface area contributed by atoms with Crippen molar-refractivity contribution in [1.82, 2.24) is 5.32 Å². The van der Waals surface area contributed by atoms with Crippen LogP contribution in [0, 0.1) is 11.3 Å². The van der Waals surface area contributed by atoms with E-state index in [4.69, 9.17) is 14.7 Å². The normalized spacial score (nSPS) is 13.4. The van der Waals surface area contributed by atoms with Gasteiger partial charge in [-0.15, -0.1) is 11.3 Å². The van der Waals surface area contributed by atoms with Gasteiger partial charge >= 0.3 is 0 Å². The molecule has 0 spiro atoms. The molecule has 0 fully saturated rings. The molecule has 2 atom stereocenters. The topological polar surface area (TPSA) is 54.3 Å². The maximum Gasteiger partial charge on any atom is 0.158 e. The molecule has 2 unspecified atom stereocenters. The van der Waals surface area contributed by atoms with E-state index in [1.807, 2.05) is 37.3 Å². The van der Waals surface area contributed by atoms with Gasteiger partial charge in [-0.2, -0.15) is 5.26 Å². The third-order valence-corrected chi connectivity index (χ3v) is 6.41. The number of nitriles is 1. The molecule has 1 aromatic heterocycles. The van der Waals surface area contributed by atoms with E-state index in [9.17, 15) is 0 Å². The molecule has 30 heavy (non-hydrogen) atoms. The van der Waals surface area contributed by atoms with Gasteiger partial charge in [0.15, 0.2) is 6.29 Å². The van der Waals surface area contributed by atoms with E-state index < -0.39 is 0 Å². The monoisotopic (exact) mass is 422 g/mol. The van der Waals surface area contributed by atoms with Crippen LogP contribution in [-0.4, -0.2) is 25.5 Å². The first-order valence-electron chi connectivity index (χ1n) is 10.6. The molecule has 3 rings (SSSR count). The molecule has 0 saturated heterocycles. The van der Waals surface area contributed by atoms with Crippen LogP contribution in [0.15, 0.2) is 54.6 Å². The van der Waals surface area contributed by atoms with E-state index in [0.717, 1.165) is 13.0 Å². The van der Waals surface area contributed by atoms with Crippen LogP contribution in [0.3, 0.4) is 0 Å². The summed E-state index contributed by atoms with van der Waals surface area (Å²) in [4.78, 5) is 1.33. The quantitative estimate of drug-likeness (QED) is 0.395. The fraction of sp³-hybridized carbons (Fsp3) is 0.400. The summed E-state index contributed by atoms with van der Waals surface area (Å²) in [7, 11) is 0. The second-order valence-corrected chi connectivity index (χ2v) is 8.50. The van der Waals surface area contributed by atoms with Crippen molar-refractivity contribution in [3.05, 3.63) is 70.6 Å². The first kappa shape index (κ1) is 22.5. The smallest absolute Gasteiger partial charge is 0.158 e. The van der Waals surface area contributed by atoms with Gasteiger partial charge in [-0.05, 0) is 56.0 Å². The van der Waals surface area contributed by atoms with Crippen LogP contribution in [0.1, 0.15) is 49.1 Å². The van der Waals surface area contributed by atoms with Gasteiger partial charge in [0.25, 0.3) is 0 Å². The molecule has 0 radical (unpaired) electrons. The number of thiophene rings is 1.